The van der Waals surface area contributed by atoms with Crippen molar-refractivity contribution < 1.29 is 22.7 Å². The second-order valence-corrected chi connectivity index (χ2v) is 6.35. The molecule has 1 amide bonds. The predicted molar refractivity (Wildman–Crippen MR) is 94.6 cm³/mol. The van der Waals surface area contributed by atoms with Crippen molar-refractivity contribution in [2.45, 2.75) is 19.3 Å². The Labute approximate surface area is 159 Å². The zero-order chi connectivity index (χ0) is 19.9. The number of likely N-dealkylation sites (N-methyl/N-ethyl adjacent to an activating group) is 1. The number of alkyl halides is 3. The Balaban J connectivity index is 1.69. The summed E-state index contributed by atoms with van der Waals surface area (Å²) < 4.78 is 44.0. The minimum absolute atomic E-state index is 0.0276. The first-order valence-corrected chi connectivity index (χ1v) is 8.51. The van der Waals surface area contributed by atoms with Gasteiger partial charge in [-0.2, -0.15) is 13.2 Å². The maximum Gasteiger partial charge on any atom is 0.406 e. The van der Waals surface area contributed by atoms with Crippen LogP contribution in [0.1, 0.15) is 5.82 Å². The first-order valence-electron chi connectivity index (χ1n) is 8.13. The largest absolute Gasteiger partial charge is 0.492 e. The van der Waals surface area contributed by atoms with Gasteiger partial charge in [0.15, 0.2) is 0 Å². The van der Waals surface area contributed by atoms with Crippen molar-refractivity contribution in [2.24, 2.45) is 0 Å². The number of carbonyl (C=O) groups is 1. The van der Waals surface area contributed by atoms with Crippen molar-refractivity contribution >= 4 is 17.5 Å². The molecule has 1 heterocycles. The number of amides is 1. The van der Waals surface area contributed by atoms with E-state index in [0.29, 0.717) is 17.3 Å². The number of ether oxygens (including phenoxy) is 1. The van der Waals surface area contributed by atoms with Gasteiger partial charge in [0.25, 0.3) is 0 Å². The molecule has 0 aliphatic rings. The van der Waals surface area contributed by atoms with E-state index in [2.05, 4.69) is 10.3 Å². The first-order chi connectivity index (χ1) is 12.7. The molecule has 0 unspecified atom stereocenters. The monoisotopic (exact) mass is 404 g/mol. The van der Waals surface area contributed by atoms with Crippen LogP contribution < -0.4 is 10.1 Å². The number of aromatic nitrogens is 2. The van der Waals surface area contributed by atoms with Crippen LogP contribution in [0.4, 0.5) is 13.2 Å². The maximum atomic E-state index is 12.5. The fraction of sp³-hybridized carbons (Fsp3) is 0.412. The number of carbonyl (C=O) groups excluding carboxylic acids is 1. The van der Waals surface area contributed by atoms with E-state index in [-0.39, 0.29) is 31.4 Å². The van der Waals surface area contributed by atoms with Crippen LogP contribution in [-0.4, -0.2) is 53.3 Å². The van der Waals surface area contributed by atoms with Crippen molar-refractivity contribution in [3.63, 3.8) is 0 Å². The van der Waals surface area contributed by atoms with Gasteiger partial charge in [0, 0.05) is 17.4 Å². The van der Waals surface area contributed by atoms with Gasteiger partial charge in [0.2, 0.25) is 5.91 Å². The van der Waals surface area contributed by atoms with Gasteiger partial charge >= 0.3 is 6.18 Å². The van der Waals surface area contributed by atoms with Crippen LogP contribution in [-0.2, 0) is 17.9 Å². The number of nitrogens with zero attached hydrogens (tertiary/aromatic N) is 3. The molecular formula is C17H20ClF3N4O2. The quantitative estimate of drug-likeness (QED) is 0.653. The summed E-state index contributed by atoms with van der Waals surface area (Å²) >= 11 is 5.78. The Kier molecular flexibility index (Phi) is 7.49. The topological polar surface area (TPSA) is 59.4 Å². The molecule has 0 saturated carbocycles. The summed E-state index contributed by atoms with van der Waals surface area (Å²) in [4.78, 5) is 17.4. The summed E-state index contributed by atoms with van der Waals surface area (Å²) in [6, 6.07) is 6.85. The molecule has 1 N–H and O–H groups in total. The maximum absolute atomic E-state index is 12.5. The average Bonchev–Trinajstić information content (AvgIpc) is 2.98. The third-order valence-electron chi connectivity index (χ3n) is 3.48. The standard InChI is InChI=1S/C17H20ClF3N4O2/c1-24(10-15-22-6-8-25(15)12-17(19,20)21)11-16(26)23-7-9-27-14-4-2-13(18)3-5-14/h2-6,8H,7,9-12H2,1H3,(H,23,26). The molecule has 27 heavy (non-hydrogen) atoms. The van der Waals surface area contributed by atoms with Crippen molar-refractivity contribution in [1.82, 2.24) is 19.8 Å². The Hall–Kier alpha value is -2.26. The molecule has 1 aromatic carbocycles. The molecule has 2 aromatic rings. The zero-order valence-corrected chi connectivity index (χ0v) is 15.4. The van der Waals surface area contributed by atoms with Gasteiger partial charge in [-0.25, -0.2) is 4.98 Å². The highest BCUT2D eigenvalue weighted by atomic mass is 35.5. The number of rotatable bonds is 9. The van der Waals surface area contributed by atoms with Gasteiger partial charge in [-0.1, -0.05) is 11.6 Å². The fourth-order valence-electron chi connectivity index (χ4n) is 2.32. The SMILES string of the molecule is CN(CC(=O)NCCOc1ccc(Cl)cc1)Cc1nccn1CC(F)(F)F. The molecule has 10 heteroatoms. The second kappa shape index (κ2) is 9.61. The van der Waals surface area contributed by atoms with Gasteiger partial charge in [-0.15, -0.1) is 0 Å². The average molecular weight is 405 g/mol. The molecule has 148 valence electrons. The van der Waals surface area contributed by atoms with Gasteiger partial charge < -0.3 is 14.6 Å². The highest BCUT2D eigenvalue weighted by Gasteiger charge is 2.29. The lowest BCUT2D eigenvalue weighted by Gasteiger charge is -2.17. The second-order valence-electron chi connectivity index (χ2n) is 5.91. The Bertz CT molecular complexity index is 735. The molecule has 0 radical (unpaired) electrons. The Morgan fingerprint density at radius 2 is 2.04 bits per heavy atom. The van der Waals surface area contributed by atoms with Gasteiger partial charge in [0.05, 0.1) is 19.6 Å². The summed E-state index contributed by atoms with van der Waals surface area (Å²) in [6.45, 7) is -0.368. The summed E-state index contributed by atoms with van der Waals surface area (Å²) in [6.07, 6.45) is -1.75. The third-order valence-corrected chi connectivity index (χ3v) is 3.73. The molecule has 0 spiro atoms. The lowest BCUT2D eigenvalue weighted by atomic mass is 10.3. The molecule has 2 rings (SSSR count). The molecule has 0 aliphatic carbocycles. The minimum Gasteiger partial charge on any atom is -0.492 e. The van der Waals surface area contributed by atoms with Crippen molar-refractivity contribution in [3.8, 4) is 5.75 Å². The van der Waals surface area contributed by atoms with E-state index in [1.165, 1.54) is 12.4 Å². The normalized spacial score (nSPS) is 11.6. The predicted octanol–water partition coefficient (Wildman–Crippen LogP) is 2.73. The molecule has 0 fully saturated rings. The van der Waals surface area contributed by atoms with Crippen LogP contribution in [0.5, 0.6) is 5.75 Å². The van der Waals surface area contributed by atoms with E-state index in [1.807, 2.05) is 0 Å². The zero-order valence-electron chi connectivity index (χ0n) is 14.7. The number of benzene rings is 1. The van der Waals surface area contributed by atoms with E-state index in [9.17, 15) is 18.0 Å². The summed E-state index contributed by atoms with van der Waals surface area (Å²) in [7, 11) is 1.64. The highest BCUT2D eigenvalue weighted by Crippen LogP contribution is 2.18. The summed E-state index contributed by atoms with van der Waals surface area (Å²) in [5.74, 6) is 0.627. The molecule has 0 aliphatic heterocycles. The molecule has 0 bridgehead atoms. The lowest BCUT2D eigenvalue weighted by molar-refractivity contribution is -0.141. The van der Waals surface area contributed by atoms with Crippen LogP contribution in [0.2, 0.25) is 5.02 Å². The Morgan fingerprint density at radius 3 is 2.70 bits per heavy atom. The molecular weight excluding hydrogens is 385 g/mol. The molecule has 0 saturated heterocycles. The van der Waals surface area contributed by atoms with Crippen LogP contribution in [0.25, 0.3) is 0 Å². The van der Waals surface area contributed by atoms with E-state index in [1.54, 1.807) is 36.2 Å². The molecule has 6 nitrogen and oxygen atoms in total. The highest BCUT2D eigenvalue weighted by molar-refractivity contribution is 6.30. The van der Waals surface area contributed by atoms with E-state index < -0.39 is 12.7 Å². The number of hydrogen-bond donors (Lipinski definition) is 1. The van der Waals surface area contributed by atoms with Gasteiger partial charge in [0.1, 0.15) is 24.7 Å². The first kappa shape index (κ1) is 21.0. The fourth-order valence-corrected chi connectivity index (χ4v) is 2.44. The van der Waals surface area contributed by atoms with Crippen molar-refractivity contribution in [3.05, 3.63) is 47.5 Å². The van der Waals surface area contributed by atoms with Crippen LogP contribution in [0, 0.1) is 0 Å². The Morgan fingerprint density at radius 1 is 1.33 bits per heavy atom. The van der Waals surface area contributed by atoms with Crippen LogP contribution in [0.3, 0.4) is 0 Å². The van der Waals surface area contributed by atoms with Crippen LogP contribution in [0.15, 0.2) is 36.7 Å². The lowest BCUT2D eigenvalue weighted by Crippen LogP contribution is -2.37. The van der Waals surface area contributed by atoms with E-state index in [4.69, 9.17) is 16.3 Å². The summed E-state index contributed by atoms with van der Waals surface area (Å²) in [5.41, 5.74) is 0. The number of nitrogens with one attached hydrogen (secondary N) is 1. The smallest absolute Gasteiger partial charge is 0.406 e. The third kappa shape index (κ3) is 7.88. The van der Waals surface area contributed by atoms with E-state index in [0.717, 1.165) is 4.57 Å². The molecule has 1 aromatic heterocycles. The number of imidazole rings is 1. The van der Waals surface area contributed by atoms with Gasteiger partial charge in [-0.05, 0) is 31.3 Å². The number of hydrogen-bond acceptors (Lipinski definition) is 4. The number of halogens is 4. The van der Waals surface area contributed by atoms with Crippen molar-refractivity contribution in [2.75, 3.05) is 26.7 Å². The van der Waals surface area contributed by atoms with Crippen molar-refractivity contribution in [1.29, 1.82) is 0 Å². The van der Waals surface area contributed by atoms with E-state index >= 15 is 0 Å². The molecule has 0 atom stereocenters. The minimum atomic E-state index is -4.32. The van der Waals surface area contributed by atoms with Gasteiger partial charge in [-0.3, -0.25) is 9.69 Å². The summed E-state index contributed by atoms with van der Waals surface area (Å²) in [5, 5.41) is 3.29. The van der Waals surface area contributed by atoms with Crippen LogP contribution >= 0.6 is 11.6 Å².